The van der Waals surface area contributed by atoms with Gasteiger partial charge in [-0.2, -0.15) is 0 Å². The third-order valence-electron chi connectivity index (χ3n) is 5.08. The number of guanidine groups is 1. The Morgan fingerprint density at radius 1 is 1.17 bits per heavy atom. The zero-order valence-corrected chi connectivity index (χ0v) is 17.1. The number of carbonyl (C=O) groups excluding carboxylic acids is 1. The lowest BCUT2D eigenvalue weighted by Crippen LogP contribution is -2.50. The van der Waals surface area contributed by atoms with Gasteiger partial charge in [-0.15, -0.1) is 0 Å². The molecule has 2 heterocycles. The molecule has 1 aliphatic rings. The summed E-state index contributed by atoms with van der Waals surface area (Å²) in [5, 5.41) is 9.69. The van der Waals surface area contributed by atoms with E-state index in [2.05, 4.69) is 33.0 Å². The molecule has 3 rings (SSSR count). The van der Waals surface area contributed by atoms with E-state index in [4.69, 9.17) is 9.41 Å². The van der Waals surface area contributed by atoms with E-state index in [0.29, 0.717) is 19.1 Å². The molecule has 0 unspecified atom stereocenters. The zero-order chi connectivity index (χ0) is 20.3. The van der Waals surface area contributed by atoms with Gasteiger partial charge in [0.1, 0.15) is 5.76 Å². The summed E-state index contributed by atoms with van der Waals surface area (Å²) in [6.45, 7) is 3.67. The molecule has 1 aromatic heterocycles. The van der Waals surface area contributed by atoms with Crippen molar-refractivity contribution in [3.05, 3.63) is 60.1 Å². The van der Waals surface area contributed by atoms with E-state index in [0.717, 1.165) is 50.6 Å². The van der Waals surface area contributed by atoms with Crippen molar-refractivity contribution in [3.8, 4) is 0 Å². The molecule has 0 radical (unpaired) electrons. The van der Waals surface area contributed by atoms with Crippen LogP contribution in [0.15, 0.2) is 58.1 Å². The Labute approximate surface area is 172 Å². The van der Waals surface area contributed by atoms with Crippen LogP contribution in [-0.2, 0) is 17.8 Å². The summed E-state index contributed by atoms with van der Waals surface area (Å²) in [5.41, 5.74) is 1.18. The number of furan rings is 1. The molecule has 7 nitrogen and oxygen atoms in total. The molecule has 2 aromatic rings. The van der Waals surface area contributed by atoms with Crippen LogP contribution < -0.4 is 16.0 Å². The average molecular weight is 398 g/mol. The summed E-state index contributed by atoms with van der Waals surface area (Å²) in [6, 6.07) is 14.5. The van der Waals surface area contributed by atoms with Gasteiger partial charge in [0.25, 0.3) is 0 Å². The second kappa shape index (κ2) is 11.3. The van der Waals surface area contributed by atoms with Gasteiger partial charge >= 0.3 is 0 Å². The lowest BCUT2D eigenvalue weighted by molar-refractivity contribution is -0.122. The molecule has 7 heteroatoms. The number of nitrogens with zero attached hydrogens (tertiary/aromatic N) is 2. The fourth-order valence-corrected chi connectivity index (χ4v) is 3.38. The normalized spacial score (nSPS) is 15.8. The molecule has 1 aliphatic heterocycles. The van der Waals surface area contributed by atoms with Gasteiger partial charge < -0.3 is 20.4 Å². The Kier molecular flexibility index (Phi) is 8.12. The van der Waals surface area contributed by atoms with Crippen molar-refractivity contribution < 1.29 is 9.21 Å². The van der Waals surface area contributed by atoms with Gasteiger partial charge in [0, 0.05) is 39.1 Å². The maximum Gasteiger partial charge on any atom is 0.233 e. The maximum absolute atomic E-state index is 11.6. The van der Waals surface area contributed by atoms with Crippen LogP contribution in [-0.4, -0.2) is 56.0 Å². The van der Waals surface area contributed by atoms with E-state index < -0.39 is 0 Å². The Hall–Kier alpha value is -2.80. The summed E-state index contributed by atoms with van der Waals surface area (Å²) >= 11 is 0. The van der Waals surface area contributed by atoms with Crippen molar-refractivity contribution in [3.63, 3.8) is 0 Å². The van der Waals surface area contributed by atoms with Gasteiger partial charge in [-0.05, 0) is 30.5 Å². The molecule has 0 spiro atoms. The number of hydrogen-bond acceptors (Lipinski definition) is 4. The number of amides is 1. The molecule has 156 valence electrons. The summed E-state index contributed by atoms with van der Waals surface area (Å²) in [5.74, 6) is 1.86. The highest BCUT2D eigenvalue weighted by Crippen LogP contribution is 2.10. The SMILES string of the molecule is CNC(=O)CN1CCC(NC(=NCc2ccccc2)NCCc2ccco2)CC1. The lowest BCUT2D eigenvalue weighted by Gasteiger charge is -2.32. The largest absolute Gasteiger partial charge is 0.469 e. The van der Waals surface area contributed by atoms with E-state index in [1.165, 1.54) is 5.56 Å². The highest BCUT2D eigenvalue weighted by molar-refractivity contribution is 5.80. The van der Waals surface area contributed by atoms with Crippen molar-refractivity contribution in [2.24, 2.45) is 4.99 Å². The molecule has 0 bridgehead atoms. The summed E-state index contributed by atoms with van der Waals surface area (Å²) in [7, 11) is 1.68. The van der Waals surface area contributed by atoms with Gasteiger partial charge in [0.15, 0.2) is 5.96 Å². The first-order valence-corrected chi connectivity index (χ1v) is 10.3. The van der Waals surface area contributed by atoms with E-state index >= 15 is 0 Å². The minimum absolute atomic E-state index is 0.0705. The van der Waals surface area contributed by atoms with Crippen LogP contribution in [0, 0.1) is 0 Å². The number of piperidine rings is 1. The first-order chi connectivity index (χ1) is 14.2. The maximum atomic E-state index is 11.6. The Morgan fingerprint density at radius 3 is 2.66 bits per heavy atom. The van der Waals surface area contributed by atoms with Gasteiger partial charge in [0.05, 0.1) is 19.4 Å². The predicted octanol–water partition coefficient (Wildman–Crippen LogP) is 1.77. The topological polar surface area (TPSA) is 81.9 Å². The van der Waals surface area contributed by atoms with Crippen LogP contribution in [0.5, 0.6) is 0 Å². The minimum atomic E-state index is 0.0705. The van der Waals surface area contributed by atoms with Gasteiger partial charge in [-0.25, -0.2) is 4.99 Å². The van der Waals surface area contributed by atoms with Crippen molar-refractivity contribution in [1.29, 1.82) is 0 Å². The third kappa shape index (κ3) is 7.27. The number of aliphatic imine (C=N–C) groups is 1. The fourth-order valence-electron chi connectivity index (χ4n) is 3.38. The van der Waals surface area contributed by atoms with Gasteiger partial charge in [-0.1, -0.05) is 30.3 Å². The van der Waals surface area contributed by atoms with Crippen LogP contribution >= 0.6 is 0 Å². The van der Waals surface area contributed by atoms with Crippen LogP contribution in [0.1, 0.15) is 24.2 Å². The first-order valence-electron chi connectivity index (χ1n) is 10.3. The number of benzene rings is 1. The zero-order valence-electron chi connectivity index (χ0n) is 17.1. The van der Waals surface area contributed by atoms with E-state index in [-0.39, 0.29) is 5.91 Å². The molecule has 0 saturated carbocycles. The number of likely N-dealkylation sites (tertiary alicyclic amines) is 1. The van der Waals surface area contributed by atoms with Crippen LogP contribution in [0.4, 0.5) is 0 Å². The van der Waals surface area contributed by atoms with E-state index in [1.807, 2.05) is 30.3 Å². The minimum Gasteiger partial charge on any atom is -0.469 e. The van der Waals surface area contributed by atoms with Crippen LogP contribution in [0.3, 0.4) is 0 Å². The Morgan fingerprint density at radius 2 is 1.97 bits per heavy atom. The Bertz CT molecular complexity index is 753. The highest BCUT2D eigenvalue weighted by atomic mass is 16.3. The molecule has 1 amide bonds. The molecule has 1 fully saturated rings. The van der Waals surface area contributed by atoms with Crippen molar-refractivity contribution in [1.82, 2.24) is 20.9 Å². The van der Waals surface area contributed by atoms with Crippen molar-refractivity contribution >= 4 is 11.9 Å². The number of hydrogen-bond donors (Lipinski definition) is 3. The van der Waals surface area contributed by atoms with Gasteiger partial charge in [-0.3, -0.25) is 9.69 Å². The van der Waals surface area contributed by atoms with Crippen LogP contribution in [0.25, 0.3) is 0 Å². The number of carbonyl (C=O) groups is 1. The third-order valence-corrected chi connectivity index (χ3v) is 5.08. The first kappa shape index (κ1) is 20.9. The van der Waals surface area contributed by atoms with E-state index in [9.17, 15) is 4.79 Å². The smallest absolute Gasteiger partial charge is 0.233 e. The molecule has 0 aliphatic carbocycles. The molecular weight excluding hydrogens is 366 g/mol. The number of rotatable bonds is 8. The average Bonchev–Trinajstić information content (AvgIpc) is 3.27. The monoisotopic (exact) mass is 397 g/mol. The second-order valence-electron chi connectivity index (χ2n) is 7.27. The number of likely N-dealkylation sites (N-methyl/N-ethyl adjacent to an activating group) is 1. The van der Waals surface area contributed by atoms with Gasteiger partial charge in [0.2, 0.25) is 5.91 Å². The summed E-state index contributed by atoms with van der Waals surface area (Å²) in [6.07, 6.45) is 4.48. The molecule has 29 heavy (non-hydrogen) atoms. The van der Waals surface area contributed by atoms with Crippen LogP contribution in [0.2, 0.25) is 0 Å². The standard InChI is InChI=1S/C22H31N5O2/c1-23-21(28)17-27-13-10-19(11-14-27)26-22(24-12-9-20-8-5-15-29-20)25-16-18-6-3-2-4-7-18/h2-8,15,19H,9-14,16-17H2,1H3,(H,23,28)(H2,24,25,26). The number of nitrogens with one attached hydrogen (secondary N) is 3. The predicted molar refractivity (Wildman–Crippen MR) is 115 cm³/mol. The highest BCUT2D eigenvalue weighted by Gasteiger charge is 2.21. The second-order valence-corrected chi connectivity index (χ2v) is 7.27. The lowest BCUT2D eigenvalue weighted by atomic mass is 10.1. The molecule has 3 N–H and O–H groups in total. The van der Waals surface area contributed by atoms with Crippen molar-refractivity contribution in [2.45, 2.75) is 31.8 Å². The van der Waals surface area contributed by atoms with E-state index in [1.54, 1.807) is 13.3 Å². The molecule has 1 saturated heterocycles. The Balaban J connectivity index is 1.52. The molecule has 1 aromatic carbocycles. The quantitative estimate of drug-likeness (QED) is 0.467. The molecule has 0 atom stereocenters. The fraction of sp³-hybridized carbons (Fsp3) is 0.455. The summed E-state index contributed by atoms with van der Waals surface area (Å²) in [4.78, 5) is 18.5. The summed E-state index contributed by atoms with van der Waals surface area (Å²) < 4.78 is 5.41. The van der Waals surface area contributed by atoms with Crippen molar-refractivity contribution in [2.75, 3.05) is 33.2 Å². The molecular formula is C22H31N5O2.